The van der Waals surface area contributed by atoms with Gasteiger partial charge in [-0.25, -0.2) is 4.79 Å². The summed E-state index contributed by atoms with van der Waals surface area (Å²) in [6.45, 7) is 5.87. The molecule has 0 aromatic rings. The predicted molar refractivity (Wildman–Crippen MR) is 194 cm³/mol. The van der Waals surface area contributed by atoms with Gasteiger partial charge in [0.15, 0.2) is 5.96 Å². The number of guanidine groups is 1. The second-order valence-corrected chi connectivity index (χ2v) is 14.0. The summed E-state index contributed by atoms with van der Waals surface area (Å²) in [7, 11) is 0. The number of thiol groups is 1. The summed E-state index contributed by atoms with van der Waals surface area (Å²) in [6, 6.07) is -8.09. The zero-order chi connectivity index (χ0) is 40.0. The number of nitrogens with two attached hydrogens (primary N) is 3. The highest BCUT2D eigenvalue weighted by Crippen LogP contribution is 2.25. The van der Waals surface area contributed by atoms with E-state index in [0.29, 0.717) is 32.2 Å². The monoisotopic (exact) mass is 770 g/mol. The Kier molecular flexibility index (Phi) is 17.8. The maximum atomic E-state index is 13.8. The Morgan fingerprint density at radius 1 is 0.792 bits per heavy atom. The van der Waals surface area contributed by atoms with Gasteiger partial charge in [-0.1, -0.05) is 13.8 Å². The highest BCUT2D eigenvalue weighted by molar-refractivity contribution is 7.80. The molecule has 0 aliphatic carbocycles. The van der Waals surface area contributed by atoms with Gasteiger partial charge in [0.2, 0.25) is 35.4 Å². The molecule has 0 spiro atoms. The summed E-state index contributed by atoms with van der Waals surface area (Å²) in [5.74, 6) is -7.58. The molecule has 2 fully saturated rings. The lowest BCUT2D eigenvalue weighted by Gasteiger charge is -2.32. The van der Waals surface area contributed by atoms with Gasteiger partial charge in [0, 0.05) is 25.4 Å². The highest BCUT2D eigenvalue weighted by Gasteiger charge is 2.43. The van der Waals surface area contributed by atoms with E-state index in [1.165, 1.54) is 9.80 Å². The molecule has 6 amide bonds. The van der Waals surface area contributed by atoms with Crippen LogP contribution >= 0.6 is 12.6 Å². The molecule has 20 nitrogen and oxygen atoms in total. The molecule has 7 atom stereocenters. The van der Waals surface area contributed by atoms with Crippen LogP contribution in [0.5, 0.6) is 0 Å². The molecule has 2 aliphatic heterocycles. The van der Waals surface area contributed by atoms with Crippen molar-refractivity contribution in [2.24, 2.45) is 28.1 Å². The Bertz CT molecular complexity index is 1390. The molecule has 2 saturated heterocycles. The van der Waals surface area contributed by atoms with Crippen molar-refractivity contribution < 1.29 is 48.6 Å². The van der Waals surface area contributed by atoms with Gasteiger partial charge in [0.25, 0.3) is 0 Å². The van der Waals surface area contributed by atoms with E-state index in [9.17, 15) is 43.5 Å². The minimum Gasteiger partial charge on any atom is -0.481 e. The van der Waals surface area contributed by atoms with Crippen molar-refractivity contribution in [1.82, 2.24) is 31.1 Å². The Labute approximate surface area is 313 Å². The van der Waals surface area contributed by atoms with Crippen molar-refractivity contribution in [3.8, 4) is 0 Å². The van der Waals surface area contributed by atoms with E-state index in [-0.39, 0.29) is 61.8 Å². The van der Waals surface area contributed by atoms with E-state index in [0.717, 1.165) is 0 Å². The average molecular weight is 771 g/mol. The van der Waals surface area contributed by atoms with Crippen LogP contribution < -0.4 is 38.5 Å². The van der Waals surface area contributed by atoms with E-state index in [1.807, 2.05) is 0 Å². The first-order chi connectivity index (χ1) is 24.9. The number of aliphatic carboxylic acids is 2. The minimum absolute atomic E-state index is 0.0339. The summed E-state index contributed by atoms with van der Waals surface area (Å²) < 4.78 is 0. The summed E-state index contributed by atoms with van der Waals surface area (Å²) >= 11 is 4.07. The summed E-state index contributed by atoms with van der Waals surface area (Å²) in [5, 5.41) is 28.2. The van der Waals surface area contributed by atoms with Crippen LogP contribution in [0.3, 0.4) is 0 Å². The van der Waals surface area contributed by atoms with Crippen molar-refractivity contribution in [2.45, 2.75) is 114 Å². The van der Waals surface area contributed by atoms with Crippen LogP contribution in [0.4, 0.5) is 0 Å². The Hall–Kier alpha value is -4.66. The predicted octanol–water partition coefficient (Wildman–Crippen LogP) is -3.16. The first-order valence-corrected chi connectivity index (χ1v) is 18.2. The summed E-state index contributed by atoms with van der Waals surface area (Å²) in [6.07, 6.45) is 1.32. The summed E-state index contributed by atoms with van der Waals surface area (Å²) in [4.78, 5) is 109. The van der Waals surface area contributed by atoms with Gasteiger partial charge in [-0.15, -0.1) is 0 Å². The molecule has 2 heterocycles. The Balaban J connectivity index is 2.25. The average Bonchev–Trinajstić information content (AvgIpc) is 3.77. The molecule has 21 heteroatoms. The molecular formula is C32H54N10O10S. The molecule has 53 heavy (non-hydrogen) atoms. The van der Waals surface area contributed by atoms with Crippen molar-refractivity contribution >= 4 is 66.0 Å². The van der Waals surface area contributed by atoms with Gasteiger partial charge in [-0.05, 0) is 57.8 Å². The number of rotatable bonds is 20. The van der Waals surface area contributed by atoms with Gasteiger partial charge in [0.1, 0.15) is 36.3 Å². The SMILES string of the molecule is CC(C)C[C@H](NC(=O)[C@H](CCCN=C(N)N)NC(=O)[C@@H]1CCCN1C(=O)[C@@H]1CCCN1C(=O)[C@H](C)N)C(=O)N[C@@H](CS)C(=O)N[C@@H](CC(=O)O)C(=O)O. The number of nitrogens with one attached hydrogen (secondary N) is 4. The number of nitrogens with zero attached hydrogens (tertiary/aromatic N) is 3. The molecule has 2 rings (SSSR count). The lowest BCUT2D eigenvalue weighted by Crippen LogP contribution is -2.59. The standard InChI is InChI=1S/C32H54N10O10S/c1-16(2)13-19(26(46)40-21(15-53)27(47)39-20(31(51)52)14-24(43)44)38-25(45)18(7-4-10-36-32(34)35)37-28(48)22-8-5-11-41(22)30(50)23-9-6-12-42(23)29(49)17(3)33/h16-23,53H,4-15,33H2,1-3H3,(H,37,48)(H,38,45)(H,39,47)(H,40,46)(H,43,44)(H,51,52)(H4,34,35,36)/t17-,18-,19-,20-,21-,22-,23-/m0/s1. The van der Waals surface area contributed by atoms with E-state index in [2.05, 4.69) is 38.9 Å². The molecule has 0 unspecified atom stereocenters. The molecule has 2 aliphatic rings. The number of hydrogen-bond donors (Lipinski definition) is 10. The largest absolute Gasteiger partial charge is 0.481 e. The maximum absolute atomic E-state index is 13.8. The zero-order valence-corrected chi connectivity index (χ0v) is 31.2. The topological polar surface area (TPSA) is 322 Å². The van der Waals surface area contributed by atoms with Gasteiger partial charge in [-0.2, -0.15) is 12.6 Å². The number of carboxylic acid groups (broad SMARTS) is 2. The third-order valence-electron chi connectivity index (χ3n) is 8.78. The van der Waals surface area contributed by atoms with Crippen molar-refractivity contribution in [1.29, 1.82) is 0 Å². The number of amides is 6. The fraction of sp³-hybridized carbons (Fsp3) is 0.719. The molecule has 0 radical (unpaired) electrons. The van der Waals surface area contributed by atoms with E-state index in [1.54, 1.807) is 20.8 Å². The lowest BCUT2D eigenvalue weighted by atomic mass is 10.0. The zero-order valence-electron chi connectivity index (χ0n) is 30.3. The molecule has 0 saturated carbocycles. The van der Waals surface area contributed by atoms with Gasteiger partial charge >= 0.3 is 11.9 Å². The Morgan fingerprint density at radius 2 is 1.34 bits per heavy atom. The molecule has 0 bridgehead atoms. The van der Waals surface area contributed by atoms with Crippen molar-refractivity contribution in [3.05, 3.63) is 0 Å². The first kappa shape index (κ1) is 44.5. The number of aliphatic imine (C=N–C) groups is 1. The smallest absolute Gasteiger partial charge is 0.326 e. The van der Waals surface area contributed by atoms with Crippen LogP contribution in [-0.2, 0) is 38.4 Å². The maximum Gasteiger partial charge on any atom is 0.326 e. The number of carbonyl (C=O) groups excluding carboxylic acids is 6. The molecule has 298 valence electrons. The summed E-state index contributed by atoms with van der Waals surface area (Å²) in [5.41, 5.74) is 16.7. The second kappa shape index (κ2) is 21.1. The Morgan fingerprint density at radius 3 is 1.89 bits per heavy atom. The van der Waals surface area contributed by atoms with E-state index < -0.39 is 84.3 Å². The molecule has 0 aromatic carbocycles. The van der Waals surface area contributed by atoms with Crippen LogP contribution in [0.2, 0.25) is 0 Å². The fourth-order valence-electron chi connectivity index (χ4n) is 6.17. The van der Waals surface area contributed by atoms with E-state index >= 15 is 0 Å². The van der Waals surface area contributed by atoms with Crippen molar-refractivity contribution in [3.63, 3.8) is 0 Å². The van der Waals surface area contributed by atoms with Gasteiger partial charge < -0.3 is 58.5 Å². The third-order valence-corrected chi connectivity index (χ3v) is 9.14. The van der Waals surface area contributed by atoms with E-state index in [4.69, 9.17) is 22.3 Å². The number of likely N-dealkylation sites (tertiary alicyclic amines) is 2. The molecular weight excluding hydrogens is 716 g/mol. The van der Waals surface area contributed by atoms with Crippen molar-refractivity contribution in [2.75, 3.05) is 25.4 Å². The highest BCUT2D eigenvalue weighted by atomic mass is 32.1. The van der Waals surface area contributed by atoms with Gasteiger partial charge in [-0.3, -0.25) is 38.6 Å². The second-order valence-electron chi connectivity index (χ2n) is 13.6. The number of hydrogen-bond acceptors (Lipinski definition) is 11. The normalized spacial score (nSPS) is 19.7. The molecule has 12 N–H and O–H groups in total. The fourth-order valence-corrected chi connectivity index (χ4v) is 6.43. The number of carboxylic acids is 2. The van der Waals surface area contributed by atoms with Crippen LogP contribution in [-0.4, -0.2) is 141 Å². The van der Waals surface area contributed by atoms with Crippen LogP contribution in [0, 0.1) is 5.92 Å². The lowest BCUT2D eigenvalue weighted by molar-refractivity contribution is -0.147. The van der Waals surface area contributed by atoms with Crippen LogP contribution in [0.1, 0.15) is 72.1 Å². The minimum atomic E-state index is -1.77. The van der Waals surface area contributed by atoms with Crippen LogP contribution in [0.15, 0.2) is 4.99 Å². The third kappa shape index (κ3) is 13.7. The first-order valence-electron chi connectivity index (χ1n) is 17.6. The quantitative estimate of drug-likeness (QED) is 0.0253. The van der Waals surface area contributed by atoms with Gasteiger partial charge in [0.05, 0.1) is 12.5 Å². The molecule has 0 aromatic heterocycles. The van der Waals surface area contributed by atoms with Crippen LogP contribution in [0.25, 0.3) is 0 Å². The number of carbonyl (C=O) groups is 8.